The molecule has 0 radical (unpaired) electrons. The Morgan fingerprint density at radius 3 is 1.54 bits per heavy atom. The molecule has 0 amide bonds. The number of nitrogens with zero attached hydrogens (tertiary/aromatic N) is 2. The number of nitrogens with one attached hydrogen (secondary N) is 1. The van der Waals surface area contributed by atoms with E-state index in [9.17, 15) is 14.7 Å². The number of esters is 1. The fourth-order valence-corrected chi connectivity index (χ4v) is 6.36. The van der Waals surface area contributed by atoms with Gasteiger partial charge in [0.05, 0.1) is 0 Å². The molecule has 0 saturated heterocycles. The average Bonchev–Trinajstić information content (AvgIpc) is 3.62. The minimum Gasteiger partial charge on any atom is -0.476 e. The molecule has 250 valence electrons. The highest BCUT2D eigenvalue weighted by molar-refractivity contribution is 7.14. The van der Waals surface area contributed by atoms with Gasteiger partial charge in [0, 0.05) is 5.38 Å². The van der Waals surface area contributed by atoms with Crippen molar-refractivity contribution in [2.24, 2.45) is 5.16 Å². The van der Waals surface area contributed by atoms with E-state index < -0.39 is 34.9 Å². The number of aliphatic carboxylic acids is 1. The van der Waals surface area contributed by atoms with E-state index in [-0.39, 0.29) is 5.69 Å². The van der Waals surface area contributed by atoms with E-state index in [1.54, 1.807) is 5.38 Å². The third kappa shape index (κ3) is 7.33. The summed E-state index contributed by atoms with van der Waals surface area (Å²) in [6.45, 7) is 2.96. The Hall–Kier alpha value is -6.06. The summed E-state index contributed by atoms with van der Waals surface area (Å²) in [6, 6.07) is 48.7. The van der Waals surface area contributed by atoms with Crippen LogP contribution in [0.4, 0.5) is 5.13 Å². The molecule has 0 unspecified atom stereocenters. The molecule has 5 aromatic carbocycles. The van der Waals surface area contributed by atoms with Crippen molar-refractivity contribution in [3.8, 4) is 0 Å². The molecule has 0 fully saturated rings. The topological polar surface area (TPSA) is 110 Å². The number of aromatic nitrogens is 1. The number of carboxylic acid groups (broad SMARTS) is 1. The molecule has 0 saturated carbocycles. The van der Waals surface area contributed by atoms with Crippen molar-refractivity contribution in [2.45, 2.75) is 31.1 Å². The summed E-state index contributed by atoms with van der Waals surface area (Å²) in [5.74, 6) is -2.08. The van der Waals surface area contributed by atoms with Crippen molar-refractivity contribution in [3.05, 3.63) is 191 Å². The van der Waals surface area contributed by atoms with E-state index in [4.69, 9.17) is 9.57 Å². The first-order chi connectivity index (χ1) is 24.3. The van der Waals surface area contributed by atoms with Crippen molar-refractivity contribution in [1.82, 2.24) is 4.98 Å². The molecule has 0 aliphatic rings. The number of anilines is 1. The number of ether oxygens (including phenoxy) is 1. The zero-order valence-corrected chi connectivity index (χ0v) is 28.3. The lowest BCUT2D eigenvalue weighted by molar-refractivity contribution is -0.172. The molecule has 0 bridgehead atoms. The van der Waals surface area contributed by atoms with Crippen LogP contribution in [0.25, 0.3) is 0 Å². The van der Waals surface area contributed by atoms with Gasteiger partial charge in [-0.25, -0.2) is 14.6 Å². The predicted molar refractivity (Wildman–Crippen MR) is 195 cm³/mol. The number of hydrogen-bond acceptors (Lipinski definition) is 8. The summed E-state index contributed by atoms with van der Waals surface area (Å²) in [7, 11) is 0. The maximum absolute atomic E-state index is 13.5. The van der Waals surface area contributed by atoms with Crippen LogP contribution in [0, 0.1) is 0 Å². The second-order valence-electron chi connectivity index (χ2n) is 12.0. The van der Waals surface area contributed by atoms with Gasteiger partial charge in [0.2, 0.25) is 11.3 Å². The van der Waals surface area contributed by atoms with Gasteiger partial charge >= 0.3 is 11.9 Å². The lowest BCUT2D eigenvalue weighted by Gasteiger charge is -2.36. The normalized spacial score (nSPS) is 11.9. The van der Waals surface area contributed by atoms with E-state index in [0.717, 1.165) is 27.8 Å². The second-order valence-corrected chi connectivity index (χ2v) is 12.8. The number of hydrogen-bond donors (Lipinski definition) is 2. The molecule has 0 atom stereocenters. The van der Waals surface area contributed by atoms with Crippen LogP contribution in [0.2, 0.25) is 0 Å². The van der Waals surface area contributed by atoms with E-state index >= 15 is 0 Å². The molecular formula is C41H35N3O5S. The molecule has 8 nitrogen and oxygen atoms in total. The minimum atomic E-state index is -1.64. The predicted octanol–water partition coefficient (Wildman–Crippen LogP) is 8.46. The van der Waals surface area contributed by atoms with Crippen LogP contribution in [0.15, 0.2) is 162 Å². The van der Waals surface area contributed by atoms with Crippen molar-refractivity contribution in [1.29, 1.82) is 0 Å². The summed E-state index contributed by atoms with van der Waals surface area (Å²) in [5, 5.41) is 19.8. The SMILES string of the molecule is CC(C)(ON=C(C(=O)O)c1csc(NC(c2ccccc2)(c2ccccc2)c2ccccc2)n1)C(=O)OC(c1ccccc1)c1ccccc1. The molecule has 50 heavy (non-hydrogen) atoms. The fourth-order valence-electron chi connectivity index (χ4n) is 5.61. The van der Waals surface area contributed by atoms with Crippen molar-refractivity contribution in [2.75, 3.05) is 5.32 Å². The number of carbonyl (C=O) groups is 2. The number of thiazole rings is 1. The first-order valence-electron chi connectivity index (χ1n) is 16.0. The monoisotopic (exact) mass is 681 g/mol. The molecule has 0 spiro atoms. The van der Waals surface area contributed by atoms with Crippen LogP contribution in [-0.2, 0) is 24.7 Å². The lowest BCUT2D eigenvalue weighted by Crippen LogP contribution is -2.38. The van der Waals surface area contributed by atoms with Gasteiger partial charge in [-0.15, -0.1) is 11.3 Å². The third-order valence-corrected chi connectivity index (χ3v) is 8.91. The van der Waals surface area contributed by atoms with Gasteiger partial charge in [-0.05, 0) is 41.7 Å². The lowest BCUT2D eigenvalue weighted by atomic mass is 9.77. The molecule has 0 aliphatic carbocycles. The molecule has 9 heteroatoms. The maximum Gasteiger partial charge on any atom is 0.360 e. The zero-order valence-electron chi connectivity index (χ0n) is 27.5. The van der Waals surface area contributed by atoms with Crippen LogP contribution < -0.4 is 5.32 Å². The smallest absolute Gasteiger partial charge is 0.360 e. The Kier molecular flexibility index (Phi) is 10.2. The van der Waals surface area contributed by atoms with Gasteiger partial charge in [0.25, 0.3) is 0 Å². The minimum absolute atomic E-state index is 0.0729. The Balaban J connectivity index is 1.29. The number of oxime groups is 1. The molecule has 1 heterocycles. The summed E-state index contributed by atoms with van der Waals surface area (Å²) in [4.78, 5) is 36.3. The number of rotatable bonds is 13. The van der Waals surface area contributed by atoms with E-state index in [0.29, 0.717) is 5.13 Å². The largest absolute Gasteiger partial charge is 0.476 e. The summed E-state index contributed by atoms with van der Waals surface area (Å²) < 4.78 is 5.97. The van der Waals surface area contributed by atoms with Gasteiger partial charge in [-0.3, -0.25) is 0 Å². The van der Waals surface area contributed by atoms with E-state index in [2.05, 4.69) is 15.5 Å². The number of benzene rings is 5. The van der Waals surface area contributed by atoms with Crippen LogP contribution in [0.5, 0.6) is 0 Å². The van der Waals surface area contributed by atoms with Crippen molar-refractivity contribution in [3.63, 3.8) is 0 Å². The molecular weight excluding hydrogens is 647 g/mol. The summed E-state index contributed by atoms with van der Waals surface area (Å²) in [5.41, 5.74) is 1.57. The first kappa shape index (κ1) is 33.8. The number of carboxylic acids is 1. The molecule has 1 aromatic heterocycles. The first-order valence-corrected chi connectivity index (χ1v) is 16.9. The number of carbonyl (C=O) groups excluding carboxylic acids is 1. The fraction of sp³-hybridized carbons (Fsp3) is 0.122. The third-order valence-electron chi connectivity index (χ3n) is 8.15. The highest BCUT2D eigenvalue weighted by Gasteiger charge is 2.38. The molecule has 2 N–H and O–H groups in total. The second kappa shape index (κ2) is 15.0. The quantitative estimate of drug-likeness (QED) is 0.0545. The summed E-state index contributed by atoms with van der Waals surface area (Å²) in [6.07, 6.45) is -0.706. The van der Waals surface area contributed by atoms with Crippen LogP contribution in [0.1, 0.15) is 53.5 Å². The van der Waals surface area contributed by atoms with Gasteiger partial charge < -0.3 is 20.0 Å². The van der Waals surface area contributed by atoms with Crippen LogP contribution in [-0.4, -0.2) is 33.3 Å². The van der Waals surface area contributed by atoms with Gasteiger partial charge in [0.1, 0.15) is 11.2 Å². The Bertz CT molecular complexity index is 1920. The molecule has 0 aliphatic heterocycles. The van der Waals surface area contributed by atoms with Crippen molar-refractivity contribution >= 4 is 34.1 Å². The highest BCUT2D eigenvalue weighted by atomic mass is 32.1. The van der Waals surface area contributed by atoms with Gasteiger partial charge in [-0.1, -0.05) is 157 Å². The average molecular weight is 682 g/mol. The zero-order chi connectivity index (χ0) is 35.0. The van der Waals surface area contributed by atoms with E-state index in [1.807, 2.05) is 152 Å². The van der Waals surface area contributed by atoms with Gasteiger partial charge in [-0.2, -0.15) is 0 Å². The Morgan fingerprint density at radius 2 is 1.12 bits per heavy atom. The molecule has 6 rings (SSSR count). The van der Waals surface area contributed by atoms with E-state index in [1.165, 1.54) is 25.2 Å². The van der Waals surface area contributed by atoms with Crippen LogP contribution >= 0.6 is 11.3 Å². The van der Waals surface area contributed by atoms with Crippen molar-refractivity contribution < 1.29 is 24.3 Å². The Morgan fingerprint density at radius 1 is 0.700 bits per heavy atom. The Labute approximate surface area is 294 Å². The highest BCUT2D eigenvalue weighted by Crippen LogP contribution is 2.40. The van der Waals surface area contributed by atoms with Gasteiger partial charge in [0.15, 0.2) is 11.2 Å². The molecule has 6 aromatic rings. The van der Waals surface area contributed by atoms with Crippen LogP contribution in [0.3, 0.4) is 0 Å². The maximum atomic E-state index is 13.5. The summed E-state index contributed by atoms with van der Waals surface area (Å²) >= 11 is 1.24. The standard InChI is InChI=1S/C41H35N3O5S/c1-40(2,38(47)48-36(29-18-8-3-9-19-29)30-20-10-4-11-21-30)49-44-35(37(45)46)34-28-50-39(42-34)43-41(31-22-12-5-13-23-31,32-24-14-6-15-25-32)33-26-16-7-17-27-33/h3-28,36H,1-2H3,(H,42,43)(H,45,46).